The maximum absolute atomic E-state index is 11.2. The van der Waals surface area contributed by atoms with E-state index in [1.807, 2.05) is 17.8 Å². The van der Waals surface area contributed by atoms with Gasteiger partial charge in [-0.15, -0.1) is 0 Å². The van der Waals surface area contributed by atoms with Gasteiger partial charge in [0, 0.05) is 18.2 Å². The van der Waals surface area contributed by atoms with Crippen molar-refractivity contribution in [2.24, 2.45) is 0 Å². The lowest BCUT2D eigenvalue weighted by Gasteiger charge is -2.25. The summed E-state index contributed by atoms with van der Waals surface area (Å²) in [6, 6.07) is 5.71. The average molecular weight is 304 g/mol. The number of imidazole rings is 1. The Hall–Kier alpha value is -1.49. The SMILES string of the molecule is CCCc1nc2ccc(C(=O)O)cc2n1C1CCCSC1. The van der Waals surface area contributed by atoms with E-state index in [1.165, 1.54) is 12.2 Å². The van der Waals surface area contributed by atoms with Crippen LogP contribution in [0.25, 0.3) is 11.0 Å². The van der Waals surface area contributed by atoms with Crippen molar-refractivity contribution < 1.29 is 9.90 Å². The minimum Gasteiger partial charge on any atom is -0.478 e. The maximum Gasteiger partial charge on any atom is 0.335 e. The molecule has 2 aromatic rings. The highest BCUT2D eigenvalue weighted by Gasteiger charge is 2.22. The van der Waals surface area contributed by atoms with E-state index < -0.39 is 5.97 Å². The highest BCUT2D eigenvalue weighted by molar-refractivity contribution is 7.99. The molecule has 0 amide bonds. The number of nitrogens with zero attached hydrogens (tertiary/aromatic N) is 2. The van der Waals surface area contributed by atoms with E-state index >= 15 is 0 Å². The Morgan fingerprint density at radius 2 is 2.38 bits per heavy atom. The molecule has 1 aromatic heterocycles. The van der Waals surface area contributed by atoms with Crippen molar-refractivity contribution in [2.75, 3.05) is 11.5 Å². The Labute approximate surface area is 128 Å². The summed E-state index contributed by atoms with van der Waals surface area (Å²) in [4.78, 5) is 16.0. The van der Waals surface area contributed by atoms with Crippen LogP contribution in [0.1, 0.15) is 48.4 Å². The molecule has 112 valence electrons. The van der Waals surface area contributed by atoms with Crippen molar-refractivity contribution in [3.8, 4) is 0 Å². The van der Waals surface area contributed by atoms with Gasteiger partial charge in [-0.1, -0.05) is 6.92 Å². The zero-order chi connectivity index (χ0) is 14.8. The Kier molecular flexibility index (Phi) is 4.19. The molecule has 0 spiro atoms. The summed E-state index contributed by atoms with van der Waals surface area (Å²) in [6.07, 6.45) is 4.37. The minimum atomic E-state index is -0.875. The smallest absolute Gasteiger partial charge is 0.335 e. The van der Waals surface area contributed by atoms with Crippen LogP contribution in [0.4, 0.5) is 0 Å². The highest BCUT2D eigenvalue weighted by Crippen LogP contribution is 2.32. The first kappa shape index (κ1) is 14.4. The fourth-order valence-corrected chi connectivity index (χ4v) is 4.14. The Morgan fingerprint density at radius 1 is 1.52 bits per heavy atom. The molecule has 1 aliphatic heterocycles. The number of benzene rings is 1. The molecule has 5 heteroatoms. The van der Waals surface area contributed by atoms with Crippen LogP contribution in [-0.2, 0) is 6.42 Å². The van der Waals surface area contributed by atoms with Crippen LogP contribution in [0.5, 0.6) is 0 Å². The fraction of sp³-hybridized carbons (Fsp3) is 0.500. The van der Waals surface area contributed by atoms with Crippen molar-refractivity contribution in [3.05, 3.63) is 29.6 Å². The zero-order valence-corrected chi connectivity index (χ0v) is 13.0. The second-order valence-corrected chi connectivity index (χ2v) is 6.68. The molecule has 0 saturated carbocycles. The van der Waals surface area contributed by atoms with Crippen molar-refractivity contribution in [1.82, 2.24) is 9.55 Å². The molecule has 0 aliphatic carbocycles. The lowest BCUT2D eigenvalue weighted by Crippen LogP contribution is -2.18. The van der Waals surface area contributed by atoms with E-state index in [0.717, 1.165) is 41.9 Å². The summed E-state index contributed by atoms with van der Waals surface area (Å²) < 4.78 is 2.30. The number of hydrogen-bond acceptors (Lipinski definition) is 3. The van der Waals surface area contributed by atoms with Gasteiger partial charge in [-0.05, 0) is 43.2 Å². The Bertz CT molecular complexity index is 660. The topological polar surface area (TPSA) is 55.1 Å². The van der Waals surface area contributed by atoms with Crippen LogP contribution in [0.3, 0.4) is 0 Å². The first-order valence-corrected chi connectivity index (χ1v) is 8.68. The molecule has 3 rings (SSSR count). The van der Waals surface area contributed by atoms with Gasteiger partial charge in [-0.3, -0.25) is 0 Å². The predicted octanol–water partition coefficient (Wildman–Crippen LogP) is 3.76. The second kappa shape index (κ2) is 6.10. The average Bonchev–Trinajstić information content (AvgIpc) is 2.85. The molecule has 0 radical (unpaired) electrons. The highest BCUT2D eigenvalue weighted by atomic mass is 32.2. The first-order chi connectivity index (χ1) is 10.2. The number of carboxylic acid groups (broad SMARTS) is 1. The number of rotatable bonds is 4. The van der Waals surface area contributed by atoms with Gasteiger partial charge in [-0.2, -0.15) is 11.8 Å². The van der Waals surface area contributed by atoms with Crippen LogP contribution in [0, 0.1) is 0 Å². The molecule has 1 aromatic carbocycles. The molecule has 1 N–H and O–H groups in total. The van der Waals surface area contributed by atoms with Gasteiger partial charge in [0.1, 0.15) is 5.82 Å². The van der Waals surface area contributed by atoms with Crippen LogP contribution >= 0.6 is 11.8 Å². The van der Waals surface area contributed by atoms with Gasteiger partial charge in [0.05, 0.1) is 16.6 Å². The van der Waals surface area contributed by atoms with E-state index in [4.69, 9.17) is 4.98 Å². The lowest BCUT2D eigenvalue weighted by atomic mass is 10.1. The quantitative estimate of drug-likeness (QED) is 0.934. The molecule has 1 atom stereocenters. The summed E-state index contributed by atoms with van der Waals surface area (Å²) in [5.74, 6) is 2.55. The molecule has 21 heavy (non-hydrogen) atoms. The van der Waals surface area contributed by atoms with Crippen molar-refractivity contribution >= 4 is 28.8 Å². The van der Waals surface area contributed by atoms with E-state index in [0.29, 0.717) is 11.6 Å². The van der Waals surface area contributed by atoms with Gasteiger partial charge < -0.3 is 9.67 Å². The van der Waals surface area contributed by atoms with Gasteiger partial charge in [0.25, 0.3) is 0 Å². The minimum absolute atomic E-state index is 0.343. The third-order valence-corrected chi connectivity index (χ3v) is 5.18. The number of aryl methyl sites for hydroxylation is 1. The second-order valence-electron chi connectivity index (χ2n) is 5.53. The van der Waals surface area contributed by atoms with Gasteiger partial charge in [0.15, 0.2) is 0 Å². The number of thioether (sulfide) groups is 1. The van der Waals surface area contributed by atoms with Gasteiger partial charge >= 0.3 is 5.97 Å². The third kappa shape index (κ3) is 2.79. The summed E-state index contributed by atoms with van der Waals surface area (Å²) in [5.41, 5.74) is 2.24. The molecule has 1 aliphatic rings. The molecule has 0 bridgehead atoms. The monoisotopic (exact) mass is 304 g/mol. The normalized spacial score (nSPS) is 19.0. The lowest BCUT2D eigenvalue weighted by molar-refractivity contribution is 0.0697. The molecular weight excluding hydrogens is 284 g/mol. The molecule has 1 unspecified atom stereocenters. The van der Waals surface area contributed by atoms with E-state index in [-0.39, 0.29) is 0 Å². The zero-order valence-electron chi connectivity index (χ0n) is 12.2. The van der Waals surface area contributed by atoms with Crippen molar-refractivity contribution in [1.29, 1.82) is 0 Å². The Morgan fingerprint density at radius 3 is 3.05 bits per heavy atom. The van der Waals surface area contributed by atoms with Crippen LogP contribution < -0.4 is 0 Å². The fourth-order valence-electron chi connectivity index (χ4n) is 3.01. The Balaban J connectivity index is 2.13. The summed E-state index contributed by atoms with van der Waals surface area (Å²) in [7, 11) is 0. The number of carbonyl (C=O) groups is 1. The summed E-state index contributed by atoms with van der Waals surface area (Å²) >= 11 is 1.98. The number of fused-ring (bicyclic) bond motifs is 1. The number of aromatic nitrogens is 2. The molecular formula is C16H20N2O2S. The van der Waals surface area contributed by atoms with Crippen molar-refractivity contribution in [3.63, 3.8) is 0 Å². The maximum atomic E-state index is 11.2. The first-order valence-electron chi connectivity index (χ1n) is 7.52. The van der Waals surface area contributed by atoms with Crippen molar-refractivity contribution in [2.45, 2.75) is 38.6 Å². The van der Waals surface area contributed by atoms with Crippen LogP contribution in [0.2, 0.25) is 0 Å². The largest absolute Gasteiger partial charge is 0.478 e. The number of carboxylic acids is 1. The van der Waals surface area contributed by atoms with Gasteiger partial charge in [0.2, 0.25) is 0 Å². The third-order valence-electron chi connectivity index (χ3n) is 3.98. The van der Waals surface area contributed by atoms with Gasteiger partial charge in [-0.25, -0.2) is 9.78 Å². The molecule has 1 saturated heterocycles. The van der Waals surface area contributed by atoms with E-state index in [1.54, 1.807) is 12.1 Å². The van der Waals surface area contributed by atoms with Crippen LogP contribution in [0.15, 0.2) is 18.2 Å². The number of aromatic carboxylic acids is 1. The predicted molar refractivity (Wildman–Crippen MR) is 86.3 cm³/mol. The molecule has 2 heterocycles. The summed E-state index contributed by atoms with van der Waals surface area (Å²) in [5, 5.41) is 9.22. The standard InChI is InChI=1S/C16H20N2O2S/c1-2-4-15-17-13-7-6-11(16(19)20)9-14(13)18(15)12-5-3-8-21-10-12/h6-7,9,12H,2-5,8,10H2,1H3,(H,19,20). The number of hydrogen-bond donors (Lipinski definition) is 1. The molecule has 1 fully saturated rings. The van der Waals surface area contributed by atoms with E-state index in [9.17, 15) is 9.90 Å². The summed E-state index contributed by atoms with van der Waals surface area (Å²) in [6.45, 7) is 2.15. The van der Waals surface area contributed by atoms with E-state index in [2.05, 4.69) is 11.5 Å². The van der Waals surface area contributed by atoms with Crippen LogP contribution in [-0.4, -0.2) is 32.1 Å². The molecule has 4 nitrogen and oxygen atoms in total.